The van der Waals surface area contributed by atoms with Crippen LogP contribution in [0.1, 0.15) is 98.3 Å². The molecule has 12 atom stereocenters. The molecule has 2 N–H and O–H groups in total. The van der Waals surface area contributed by atoms with Crippen molar-refractivity contribution in [3.05, 3.63) is 0 Å². The average Bonchev–Trinajstić information content (AvgIpc) is 3.44. The highest BCUT2D eigenvalue weighted by Crippen LogP contribution is 2.71. The highest BCUT2D eigenvalue weighted by molar-refractivity contribution is 5.96. The molecule has 0 bridgehead atoms. The van der Waals surface area contributed by atoms with E-state index in [1.807, 2.05) is 0 Å². The lowest BCUT2D eigenvalue weighted by atomic mass is 9.44. The molecule has 7 rings (SSSR count). The van der Waals surface area contributed by atoms with E-state index in [-0.39, 0.29) is 30.1 Å². The molecule has 4 aliphatic carbocycles. The van der Waals surface area contributed by atoms with Gasteiger partial charge in [0, 0.05) is 44.6 Å². The summed E-state index contributed by atoms with van der Waals surface area (Å²) in [5.41, 5.74) is 0.722. The zero-order chi connectivity index (χ0) is 30.9. The van der Waals surface area contributed by atoms with Crippen LogP contribution < -0.4 is 10.6 Å². The van der Waals surface area contributed by atoms with Crippen molar-refractivity contribution in [2.45, 2.75) is 116 Å². The molecule has 3 heterocycles. The Morgan fingerprint density at radius 3 is 2.39 bits per heavy atom. The number of piperazine rings is 1. The van der Waals surface area contributed by atoms with Crippen LogP contribution >= 0.6 is 0 Å². The fraction of sp³-hybridized carbons (Fsp3) is 0.944. The Morgan fingerprint density at radius 2 is 1.64 bits per heavy atom. The van der Waals surface area contributed by atoms with Crippen LogP contribution in [0.5, 0.6) is 0 Å². The summed E-state index contributed by atoms with van der Waals surface area (Å²) in [5, 5.41) is 6.24. The molecule has 3 saturated heterocycles. The topological polar surface area (TPSA) is 83.1 Å². The number of hydrogen-bond donors (Lipinski definition) is 2. The third-order valence-corrected chi connectivity index (χ3v) is 14.7. The monoisotopic (exact) mass is 612 g/mol. The normalized spacial score (nSPS) is 49.1. The number of likely N-dealkylation sites (N-methyl/N-ethyl adjacent to an activating group) is 1. The van der Waals surface area contributed by atoms with Gasteiger partial charge < -0.3 is 25.0 Å². The Balaban J connectivity index is 0.927. The fourth-order valence-electron chi connectivity index (χ4n) is 12.1. The van der Waals surface area contributed by atoms with E-state index in [4.69, 9.17) is 9.47 Å². The highest BCUT2D eigenvalue weighted by atomic mass is 16.7. The van der Waals surface area contributed by atoms with Crippen LogP contribution in [0.25, 0.3) is 0 Å². The van der Waals surface area contributed by atoms with Gasteiger partial charge in [0.1, 0.15) is 6.42 Å². The van der Waals surface area contributed by atoms with Gasteiger partial charge in [0.15, 0.2) is 5.79 Å². The van der Waals surface area contributed by atoms with E-state index in [1.54, 1.807) is 0 Å². The molecule has 44 heavy (non-hydrogen) atoms. The number of carbonyl (C=O) groups excluding carboxylic acids is 2. The summed E-state index contributed by atoms with van der Waals surface area (Å²) >= 11 is 0. The van der Waals surface area contributed by atoms with Gasteiger partial charge in [-0.15, -0.1) is 0 Å². The number of carbonyl (C=O) groups is 2. The van der Waals surface area contributed by atoms with E-state index in [9.17, 15) is 9.59 Å². The second-order valence-electron chi connectivity index (χ2n) is 17.1. The van der Waals surface area contributed by atoms with Crippen molar-refractivity contribution in [1.29, 1.82) is 0 Å². The maximum absolute atomic E-state index is 12.9. The zero-order valence-corrected chi connectivity index (χ0v) is 28.2. The second-order valence-corrected chi connectivity index (χ2v) is 17.1. The van der Waals surface area contributed by atoms with E-state index in [2.05, 4.69) is 55.2 Å². The first-order chi connectivity index (χ1) is 21.0. The lowest BCUT2D eigenvalue weighted by Gasteiger charge is -2.61. The van der Waals surface area contributed by atoms with Crippen molar-refractivity contribution in [1.82, 2.24) is 20.4 Å². The number of ether oxygens (including phenoxy) is 2. The van der Waals surface area contributed by atoms with Crippen molar-refractivity contribution >= 4 is 11.8 Å². The van der Waals surface area contributed by atoms with Crippen LogP contribution in [0.3, 0.4) is 0 Å². The molecule has 3 aliphatic heterocycles. The minimum absolute atomic E-state index is 0.0642. The van der Waals surface area contributed by atoms with Gasteiger partial charge in [0.2, 0.25) is 11.8 Å². The Bertz CT molecular complexity index is 1090. The smallest absolute Gasteiger partial charge is 0.230 e. The van der Waals surface area contributed by atoms with Gasteiger partial charge in [0.05, 0.1) is 19.4 Å². The van der Waals surface area contributed by atoms with Gasteiger partial charge in [-0.05, 0) is 111 Å². The molecular formula is C36H60N4O4. The first kappa shape index (κ1) is 31.4. The Kier molecular flexibility index (Phi) is 8.41. The summed E-state index contributed by atoms with van der Waals surface area (Å²) in [7, 11) is 2.13. The van der Waals surface area contributed by atoms with Gasteiger partial charge in [-0.1, -0.05) is 27.7 Å². The third kappa shape index (κ3) is 5.35. The summed E-state index contributed by atoms with van der Waals surface area (Å²) in [6, 6.07) is 0.200. The van der Waals surface area contributed by atoms with Crippen LogP contribution in [0.4, 0.5) is 0 Å². The van der Waals surface area contributed by atoms with Crippen molar-refractivity contribution in [2.75, 3.05) is 46.5 Å². The molecule has 0 radical (unpaired) electrons. The Labute approximate surface area is 266 Å². The predicted molar refractivity (Wildman–Crippen MR) is 170 cm³/mol. The minimum Gasteiger partial charge on any atom is -0.353 e. The lowest BCUT2D eigenvalue weighted by molar-refractivity contribution is -0.273. The number of nitrogens with one attached hydrogen (secondary N) is 2. The predicted octanol–water partition coefficient (Wildman–Crippen LogP) is 4.63. The Morgan fingerprint density at radius 1 is 0.864 bits per heavy atom. The average molecular weight is 613 g/mol. The first-order valence-corrected chi connectivity index (χ1v) is 18.3. The van der Waals surface area contributed by atoms with Gasteiger partial charge in [-0.3, -0.25) is 14.5 Å². The number of fused-ring (bicyclic) bond motifs is 7. The largest absolute Gasteiger partial charge is 0.353 e. The molecule has 8 heteroatoms. The second kappa shape index (κ2) is 11.8. The molecule has 1 unspecified atom stereocenters. The molecule has 1 spiro atoms. The minimum atomic E-state index is -0.329. The summed E-state index contributed by atoms with van der Waals surface area (Å²) < 4.78 is 13.5. The maximum Gasteiger partial charge on any atom is 0.230 e. The van der Waals surface area contributed by atoms with Crippen molar-refractivity contribution < 1.29 is 19.1 Å². The van der Waals surface area contributed by atoms with Crippen LogP contribution in [-0.4, -0.2) is 86.0 Å². The molecule has 248 valence electrons. The molecule has 0 aromatic carbocycles. The summed E-state index contributed by atoms with van der Waals surface area (Å²) in [4.78, 5) is 30.0. The number of amides is 2. The fourth-order valence-corrected chi connectivity index (χ4v) is 12.1. The van der Waals surface area contributed by atoms with E-state index >= 15 is 0 Å². The molecule has 4 saturated carbocycles. The van der Waals surface area contributed by atoms with Crippen molar-refractivity contribution in [3.8, 4) is 0 Å². The van der Waals surface area contributed by atoms with Crippen LogP contribution in [0, 0.1) is 52.3 Å². The maximum atomic E-state index is 12.9. The van der Waals surface area contributed by atoms with E-state index < -0.39 is 0 Å². The molecule has 2 amide bonds. The SMILES string of the molecule is C[C@@H]1CC[C@@]2(OC1)O[C@H]1C[C@H]3[C@@H]4CC[C@@H]5CC(NC(=O)CC(=O)NCN6CCN(C)CC6)CC[C@]5(C)[C@H]4CC[C@]3(C)[C@H]1[C@@H]2C. The summed E-state index contributed by atoms with van der Waals surface area (Å²) in [6.07, 6.45) is 12.4. The zero-order valence-electron chi connectivity index (χ0n) is 28.2. The van der Waals surface area contributed by atoms with Crippen LogP contribution in [0.15, 0.2) is 0 Å². The van der Waals surface area contributed by atoms with E-state index in [0.717, 1.165) is 69.8 Å². The number of hydrogen-bond acceptors (Lipinski definition) is 6. The van der Waals surface area contributed by atoms with E-state index in [0.29, 0.717) is 47.3 Å². The van der Waals surface area contributed by atoms with Crippen LogP contribution in [0.2, 0.25) is 0 Å². The molecule has 0 aromatic heterocycles. The molecular weight excluding hydrogens is 552 g/mol. The third-order valence-electron chi connectivity index (χ3n) is 14.7. The number of rotatable bonds is 5. The van der Waals surface area contributed by atoms with Gasteiger partial charge in [-0.25, -0.2) is 0 Å². The Hall–Kier alpha value is -1.22. The van der Waals surface area contributed by atoms with E-state index in [1.165, 1.54) is 44.9 Å². The molecule has 0 aromatic rings. The molecule has 7 aliphatic rings. The van der Waals surface area contributed by atoms with Crippen molar-refractivity contribution in [3.63, 3.8) is 0 Å². The van der Waals surface area contributed by atoms with Gasteiger partial charge >= 0.3 is 0 Å². The highest BCUT2D eigenvalue weighted by Gasteiger charge is 2.69. The molecule has 8 nitrogen and oxygen atoms in total. The summed E-state index contributed by atoms with van der Waals surface area (Å²) in [6.45, 7) is 15.3. The van der Waals surface area contributed by atoms with Crippen molar-refractivity contribution in [2.24, 2.45) is 52.3 Å². The number of nitrogens with zero attached hydrogens (tertiary/aromatic N) is 2. The standard InChI is InChI=1S/C36H60N4O4/c1-23-8-13-36(43-21-23)24(2)33-30(44-36)19-29-27-7-6-25-18-26(9-11-34(25,3)28(27)10-12-35(29,33)4)38-32(42)20-31(41)37-22-40-16-14-39(5)15-17-40/h23-30,33H,6-22H2,1-5H3,(H,37,41)(H,38,42)/t23-,24+,25-,26?,27-,28+,29+,30+,33+,34+,35+,36-/m1/s1. The van der Waals surface area contributed by atoms with Gasteiger partial charge in [0.25, 0.3) is 0 Å². The lowest BCUT2D eigenvalue weighted by Crippen LogP contribution is -2.56. The van der Waals surface area contributed by atoms with Crippen LogP contribution in [-0.2, 0) is 19.1 Å². The first-order valence-electron chi connectivity index (χ1n) is 18.3. The van der Waals surface area contributed by atoms with Gasteiger partial charge in [-0.2, -0.15) is 0 Å². The summed E-state index contributed by atoms with van der Waals surface area (Å²) in [5.74, 6) is 4.15. The molecule has 7 fully saturated rings. The quantitative estimate of drug-likeness (QED) is 0.441.